The van der Waals surface area contributed by atoms with E-state index in [9.17, 15) is 0 Å². The fraction of sp³-hybridized carbons (Fsp3) is 0.200. The van der Waals surface area contributed by atoms with Crippen molar-refractivity contribution in [3.8, 4) is 11.5 Å². The zero-order chi connectivity index (χ0) is 14.1. The second kappa shape index (κ2) is 5.76. The standard InChI is InChI=1S/C15H13Br2NO2/c16-10-2-4-12-14(8-10)20-15-9-11(17)3-5-13(15)18(12)6-1-7-19/h2-5,8-9,19H,1,6-7H2. The first kappa shape index (κ1) is 13.9. The number of nitrogens with zero attached hydrogens (tertiary/aromatic N) is 1. The predicted molar refractivity (Wildman–Crippen MR) is 87.1 cm³/mol. The van der Waals surface area contributed by atoms with Gasteiger partial charge in [-0.2, -0.15) is 0 Å². The van der Waals surface area contributed by atoms with Crippen molar-refractivity contribution in [2.24, 2.45) is 0 Å². The zero-order valence-electron chi connectivity index (χ0n) is 10.6. The highest BCUT2D eigenvalue weighted by Gasteiger charge is 2.24. The minimum absolute atomic E-state index is 0.176. The van der Waals surface area contributed by atoms with Crippen LogP contribution in [0.5, 0.6) is 11.5 Å². The van der Waals surface area contributed by atoms with E-state index >= 15 is 0 Å². The van der Waals surface area contributed by atoms with Gasteiger partial charge in [-0.05, 0) is 42.8 Å². The van der Waals surface area contributed by atoms with E-state index in [4.69, 9.17) is 9.84 Å². The van der Waals surface area contributed by atoms with Crippen molar-refractivity contribution in [3.05, 3.63) is 45.3 Å². The molecule has 2 aromatic rings. The Morgan fingerprint density at radius 1 is 0.950 bits per heavy atom. The molecule has 104 valence electrons. The number of benzene rings is 2. The maximum Gasteiger partial charge on any atom is 0.152 e. The maximum atomic E-state index is 9.11. The first-order chi connectivity index (χ1) is 9.69. The summed E-state index contributed by atoms with van der Waals surface area (Å²) in [6, 6.07) is 12.0. The molecule has 0 saturated carbocycles. The van der Waals surface area contributed by atoms with Gasteiger partial charge in [-0.1, -0.05) is 31.9 Å². The van der Waals surface area contributed by atoms with Crippen LogP contribution in [0.1, 0.15) is 6.42 Å². The third kappa shape index (κ3) is 2.57. The van der Waals surface area contributed by atoms with Gasteiger partial charge in [-0.3, -0.25) is 0 Å². The Hall–Kier alpha value is -1.04. The summed E-state index contributed by atoms with van der Waals surface area (Å²) in [6.45, 7) is 0.929. The number of halogens is 2. The van der Waals surface area contributed by atoms with E-state index in [-0.39, 0.29) is 6.61 Å². The summed E-state index contributed by atoms with van der Waals surface area (Å²) in [5.74, 6) is 1.64. The predicted octanol–water partition coefficient (Wildman–Crippen LogP) is 4.84. The molecule has 0 unspecified atom stereocenters. The number of rotatable bonds is 3. The number of aliphatic hydroxyl groups excluding tert-OH is 1. The third-order valence-corrected chi connectivity index (χ3v) is 4.17. The maximum absolute atomic E-state index is 9.11. The zero-order valence-corrected chi connectivity index (χ0v) is 13.8. The number of hydrogen-bond donors (Lipinski definition) is 1. The average molecular weight is 399 g/mol. The second-order valence-corrected chi connectivity index (χ2v) is 6.39. The topological polar surface area (TPSA) is 32.7 Å². The SMILES string of the molecule is OCCCN1c2ccc(Br)cc2Oc2cc(Br)ccc21. The van der Waals surface area contributed by atoms with Crippen LogP contribution < -0.4 is 9.64 Å². The van der Waals surface area contributed by atoms with Gasteiger partial charge in [0.1, 0.15) is 0 Å². The molecular weight excluding hydrogens is 386 g/mol. The van der Waals surface area contributed by atoms with Gasteiger partial charge in [0.2, 0.25) is 0 Å². The van der Waals surface area contributed by atoms with Gasteiger partial charge in [0.05, 0.1) is 11.4 Å². The minimum Gasteiger partial charge on any atom is -0.453 e. The Labute approximate surface area is 134 Å². The Bertz CT molecular complexity index is 594. The third-order valence-electron chi connectivity index (χ3n) is 3.19. The summed E-state index contributed by atoms with van der Waals surface area (Å²) in [4.78, 5) is 2.18. The van der Waals surface area contributed by atoms with Crippen molar-refractivity contribution in [3.63, 3.8) is 0 Å². The lowest BCUT2D eigenvalue weighted by Gasteiger charge is -2.33. The molecule has 5 heteroatoms. The number of fused-ring (bicyclic) bond motifs is 2. The van der Waals surface area contributed by atoms with Crippen molar-refractivity contribution in [1.29, 1.82) is 0 Å². The molecule has 0 spiro atoms. The van der Waals surface area contributed by atoms with E-state index in [1.54, 1.807) is 0 Å². The van der Waals surface area contributed by atoms with Crippen LogP contribution in [0.25, 0.3) is 0 Å². The molecule has 2 aromatic carbocycles. The second-order valence-electron chi connectivity index (χ2n) is 4.55. The largest absolute Gasteiger partial charge is 0.453 e. The quantitative estimate of drug-likeness (QED) is 0.802. The molecule has 0 bridgehead atoms. The molecule has 3 rings (SSSR count). The van der Waals surface area contributed by atoms with Crippen LogP contribution in [-0.2, 0) is 0 Å². The molecule has 0 aromatic heterocycles. The molecule has 0 radical (unpaired) electrons. The van der Waals surface area contributed by atoms with Gasteiger partial charge >= 0.3 is 0 Å². The number of hydrogen-bond acceptors (Lipinski definition) is 3. The lowest BCUT2D eigenvalue weighted by atomic mass is 10.1. The molecule has 0 aliphatic carbocycles. The summed E-state index contributed by atoms with van der Waals surface area (Å²) in [5.41, 5.74) is 2.05. The molecule has 0 saturated heterocycles. The molecular formula is C15H13Br2NO2. The molecule has 0 amide bonds. The number of aliphatic hydroxyl groups is 1. The van der Waals surface area contributed by atoms with Crippen molar-refractivity contribution >= 4 is 43.2 Å². The highest BCUT2D eigenvalue weighted by Crippen LogP contribution is 2.48. The van der Waals surface area contributed by atoms with Crippen molar-refractivity contribution in [1.82, 2.24) is 0 Å². The summed E-state index contributed by atoms with van der Waals surface area (Å²) in [5, 5.41) is 9.11. The fourth-order valence-corrected chi connectivity index (χ4v) is 2.98. The Morgan fingerprint density at radius 2 is 1.50 bits per heavy atom. The van der Waals surface area contributed by atoms with E-state index in [1.165, 1.54) is 0 Å². The normalized spacial score (nSPS) is 12.7. The summed E-state index contributed by atoms with van der Waals surface area (Å²) >= 11 is 6.94. The molecule has 20 heavy (non-hydrogen) atoms. The summed E-state index contributed by atoms with van der Waals surface area (Å²) in [6.07, 6.45) is 0.713. The Kier molecular flexibility index (Phi) is 4.01. The van der Waals surface area contributed by atoms with Crippen molar-refractivity contribution in [2.45, 2.75) is 6.42 Å². The number of anilines is 2. The monoisotopic (exact) mass is 397 g/mol. The Balaban J connectivity index is 2.08. The molecule has 1 aliphatic heterocycles. The van der Waals surface area contributed by atoms with E-state index in [2.05, 4.69) is 36.8 Å². The first-order valence-electron chi connectivity index (χ1n) is 6.34. The van der Waals surface area contributed by atoms with Gasteiger partial charge in [-0.25, -0.2) is 0 Å². The minimum atomic E-state index is 0.176. The lowest BCUT2D eigenvalue weighted by Crippen LogP contribution is -2.23. The van der Waals surface area contributed by atoms with Crippen LogP contribution in [0.2, 0.25) is 0 Å². The number of ether oxygens (including phenoxy) is 1. The van der Waals surface area contributed by atoms with E-state index in [0.29, 0.717) is 6.42 Å². The van der Waals surface area contributed by atoms with E-state index < -0.39 is 0 Å². The molecule has 1 aliphatic rings. The van der Waals surface area contributed by atoms with Gasteiger partial charge in [0.15, 0.2) is 11.5 Å². The summed E-state index contributed by atoms with van der Waals surface area (Å²) < 4.78 is 7.95. The smallest absolute Gasteiger partial charge is 0.152 e. The first-order valence-corrected chi connectivity index (χ1v) is 7.93. The van der Waals surface area contributed by atoms with Gasteiger partial charge in [0, 0.05) is 22.1 Å². The molecule has 3 nitrogen and oxygen atoms in total. The van der Waals surface area contributed by atoms with Crippen LogP contribution in [0, 0.1) is 0 Å². The van der Waals surface area contributed by atoms with Crippen molar-refractivity contribution < 1.29 is 9.84 Å². The van der Waals surface area contributed by atoms with E-state index in [0.717, 1.165) is 38.4 Å². The highest BCUT2D eigenvalue weighted by atomic mass is 79.9. The van der Waals surface area contributed by atoms with E-state index in [1.807, 2.05) is 36.4 Å². The Morgan fingerprint density at radius 3 is 2.00 bits per heavy atom. The van der Waals surface area contributed by atoms with Crippen LogP contribution in [0.15, 0.2) is 45.3 Å². The molecule has 1 heterocycles. The van der Waals surface area contributed by atoms with Gasteiger partial charge in [0.25, 0.3) is 0 Å². The molecule has 1 N–H and O–H groups in total. The highest BCUT2D eigenvalue weighted by molar-refractivity contribution is 9.10. The fourth-order valence-electron chi connectivity index (χ4n) is 2.30. The van der Waals surface area contributed by atoms with Gasteiger partial charge in [-0.15, -0.1) is 0 Å². The van der Waals surface area contributed by atoms with Gasteiger partial charge < -0.3 is 14.7 Å². The van der Waals surface area contributed by atoms with Crippen molar-refractivity contribution in [2.75, 3.05) is 18.1 Å². The molecule has 0 atom stereocenters. The van der Waals surface area contributed by atoms with Crippen LogP contribution in [0.4, 0.5) is 11.4 Å². The molecule has 0 fully saturated rings. The summed E-state index contributed by atoms with van der Waals surface area (Å²) in [7, 11) is 0. The van der Waals surface area contributed by atoms with Crippen LogP contribution >= 0.6 is 31.9 Å². The van der Waals surface area contributed by atoms with Crippen LogP contribution in [0.3, 0.4) is 0 Å². The van der Waals surface area contributed by atoms with Crippen LogP contribution in [-0.4, -0.2) is 18.3 Å². The lowest BCUT2D eigenvalue weighted by molar-refractivity contribution is 0.290. The average Bonchev–Trinajstić information content (AvgIpc) is 2.43.